The van der Waals surface area contributed by atoms with Gasteiger partial charge in [0.2, 0.25) is 5.91 Å². The van der Waals surface area contributed by atoms with E-state index < -0.39 is 0 Å². The van der Waals surface area contributed by atoms with Crippen LogP contribution in [-0.4, -0.2) is 18.3 Å². The lowest BCUT2D eigenvalue weighted by atomic mass is 10.4. The predicted octanol–water partition coefficient (Wildman–Crippen LogP) is 0.917. The first-order valence-corrected chi connectivity index (χ1v) is 3.28. The molecule has 1 amide bonds. The van der Waals surface area contributed by atoms with Crippen LogP contribution in [0.1, 0.15) is 6.42 Å². The van der Waals surface area contributed by atoms with Crippen LogP contribution in [0.5, 0.6) is 0 Å². The van der Waals surface area contributed by atoms with Gasteiger partial charge < -0.3 is 5.32 Å². The molecule has 52 valence electrons. The van der Waals surface area contributed by atoms with E-state index >= 15 is 0 Å². The number of carbonyl (C=O) groups is 1. The summed E-state index contributed by atoms with van der Waals surface area (Å²) in [4.78, 5) is 10.6. The second-order valence-corrected chi connectivity index (χ2v) is 1.91. The highest BCUT2D eigenvalue weighted by Gasteiger charge is 1.92. The van der Waals surface area contributed by atoms with Crippen LogP contribution in [0, 0.1) is 0 Å². The quantitative estimate of drug-likeness (QED) is 0.465. The van der Waals surface area contributed by atoms with E-state index in [1.807, 2.05) is 0 Å². The van der Waals surface area contributed by atoms with Gasteiger partial charge in [-0.15, -0.1) is 18.2 Å². The molecule has 0 atom stereocenters. The van der Waals surface area contributed by atoms with Crippen LogP contribution < -0.4 is 5.32 Å². The molecule has 0 aromatic rings. The maximum absolute atomic E-state index is 10.6. The molecule has 1 N–H and O–H groups in total. The number of halogens is 1. The molecule has 0 rings (SSSR count). The van der Waals surface area contributed by atoms with E-state index in [0.717, 1.165) is 0 Å². The third kappa shape index (κ3) is 5.37. The molecule has 0 saturated heterocycles. The van der Waals surface area contributed by atoms with Crippen LogP contribution >= 0.6 is 11.6 Å². The second-order valence-electron chi connectivity index (χ2n) is 1.53. The zero-order chi connectivity index (χ0) is 7.11. The van der Waals surface area contributed by atoms with Gasteiger partial charge in [-0.2, -0.15) is 0 Å². The first-order valence-electron chi connectivity index (χ1n) is 2.74. The van der Waals surface area contributed by atoms with Crippen LogP contribution in [0.4, 0.5) is 0 Å². The Hall–Kier alpha value is -0.500. The molecule has 2 nitrogen and oxygen atoms in total. The van der Waals surface area contributed by atoms with Crippen molar-refractivity contribution < 1.29 is 4.79 Å². The highest BCUT2D eigenvalue weighted by atomic mass is 35.5. The van der Waals surface area contributed by atoms with E-state index in [1.165, 1.54) is 0 Å². The van der Waals surface area contributed by atoms with E-state index in [9.17, 15) is 4.79 Å². The van der Waals surface area contributed by atoms with Crippen molar-refractivity contribution in [2.24, 2.45) is 0 Å². The molecule has 0 aliphatic heterocycles. The second kappa shape index (κ2) is 5.63. The summed E-state index contributed by atoms with van der Waals surface area (Å²) < 4.78 is 0. The van der Waals surface area contributed by atoms with Gasteiger partial charge in [0.1, 0.15) is 0 Å². The third-order valence-electron chi connectivity index (χ3n) is 0.746. The van der Waals surface area contributed by atoms with Gasteiger partial charge in [-0.05, 0) is 0 Å². The third-order valence-corrected chi connectivity index (χ3v) is 0.935. The zero-order valence-electron chi connectivity index (χ0n) is 5.19. The molecule has 0 spiro atoms. The average Bonchev–Trinajstić information content (AvgIpc) is 1.85. The fourth-order valence-corrected chi connectivity index (χ4v) is 0.484. The molecule has 0 radical (unpaired) electrons. The number of amides is 1. The van der Waals surface area contributed by atoms with Gasteiger partial charge in [-0.25, -0.2) is 0 Å². The predicted molar refractivity (Wildman–Crippen MR) is 38.5 cm³/mol. The van der Waals surface area contributed by atoms with E-state index in [2.05, 4.69) is 11.9 Å². The molecule has 0 heterocycles. The van der Waals surface area contributed by atoms with E-state index in [1.54, 1.807) is 6.08 Å². The SMILES string of the molecule is C=CCC(=O)NCCCl. The van der Waals surface area contributed by atoms with E-state index in [4.69, 9.17) is 11.6 Å². The molecule has 0 aliphatic rings. The normalized spacial score (nSPS) is 8.56. The molecule has 9 heavy (non-hydrogen) atoms. The Morgan fingerprint density at radius 1 is 1.78 bits per heavy atom. The molecule has 3 heteroatoms. The lowest BCUT2D eigenvalue weighted by molar-refractivity contribution is -0.120. The lowest BCUT2D eigenvalue weighted by Crippen LogP contribution is -2.24. The Labute approximate surface area is 59.9 Å². The zero-order valence-corrected chi connectivity index (χ0v) is 5.95. The molecule has 0 aromatic carbocycles. The van der Waals surface area contributed by atoms with Crippen molar-refractivity contribution in [2.45, 2.75) is 6.42 Å². The smallest absolute Gasteiger partial charge is 0.223 e. The summed E-state index contributed by atoms with van der Waals surface area (Å²) >= 11 is 5.31. The van der Waals surface area contributed by atoms with Crippen LogP contribution in [-0.2, 0) is 4.79 Å². The summed E-state index contributed by atoms with van der Waals surface area (Å²) in [6.45, 7) is 3.95. The molecule has 0 unspecified atom stereocenters. The number of nitrogens with one attached hydrogen (secondary N) is 1. The molecule has 0 fully saturated rings. The Morgan fingerprint density at radius 2 is 2.44 bits per heavy atom. The first-order chi connectivity index (χ1) is 4.31. The maximum atomic E-state index is 10.6. The topological polar surface area (TPSA) is 29.1 Å². The van der Waals surface area contributed by atoms with Crippen LogP contribution in [0.15, 0.2) is 12.7 Å². The largest absolute Gasteiger partial charge is 0.355 e. The van der Waals surface area contributed by atoms with E-state index in [0.29, 0.717) is 18.8 Å². The summed E-state index contributed by atoms with van der Waals surface area (Å²) in [6, 6.07) is 0. The first kappa shape index (κ1) is 8.50. The van der Waals surface area contributed by atoms with Gasteiger partial charge in [-0.3, -0.25) is 4.79 Å². The van der Waals surface area contributed by atoms with Gasteiger partial charge in [0.25, 0.3) is 0 Å². The lowest BCUT2D eigenvalue weighted by Gasteiger charge is -1.97. The summed E-state index contributed by atoms with van der Waals surface area (Å²) in [6.07, 6.45) is 1.93. The van der Waals surface area contributed by atoms with Gasteiger partial charge in [0, 0.05) is 18.8 Å². The Kier molecular flexibility index (Phi) is 5.32. The Morgan fingerprint density at radius 3 is 2.89 bits per heavy atom. The number of alkyl halides is 1. The van der Waals surface area contributed by atoms with Crippen molar-refractivity contribution in [3.8, 4) is 0 Å². The van der Waals surface area contributed by atoms with Gasteiger partial charge in [0.05, 0.1) is 0 Å². The van der Waals surface area contributed by atoms with Crippen LogP contribution in [0.25, 0.3) is 0 Å². The van der Waals surface area contributed by atoms with Crippen molar-refractivity contribution in [2.75, 3.05) is 12.4 Å². The minimum absolute atomic E-state index is 0.0225. The number of rotatable bonds is 4. The van der Waals surface area contributed by atoms with Gasteiger partial charge >= 0.3 is 0 Å². The Bertz CT molecular complexity index is 103. The average molecular weight is 148 g/mol. The standard InChI is InChI=1S/C6H10ClNO/c1-2-3-6(9)8-5-4-7/h2H,1,3-5H2,(H,8,9). The minimum atomic E-state index is -0.0225. The monoisotopic (exact) mass is 147 g/mol. The minimum Gasteiger partial charge on any atom is -0.355 e. The van der Waals surface area contributed by atoms with E-state index in [-0.39, 0.29) is 5.91 Å². The number of hydrogen-bond acceptors (Lipinski definition) is 1. The van der Waals surface area contributed by atoms with Crippen molar-refractivity contribution in [3.63, 3.8) is 0 Å². The Balaban J connectivity index is 3.16. The maximum Gasteiger partial charge on any atom is 0.223 e. The number of hydrogen-bond donors (Lipinski definition) is 1. The molecule has 0 aliphatic carbocycles. The fraction of sp³-hybridized carbons (Fsp3) is 0.500. The van der Waals surface area contributed by atoms with Crippen LogP contribution in [0.2, 0.25) is 0 Å². The van der Waals surface area contributed by atoms with Gasteiger partial charge in [-0.1, -0.05) is 6.08 Å². The molecule has 0 saturated carbocycles. The summed E-state index contributed by atoms with van der Waals surface area (Å²) in [5, 5.41) is 2.59. The van der Waals surface area contributed by atoms with Crippen molar-refractivity contribution in [1.82, 2.24) is 5.32 Å². The molecule has 0 bridgehead atoms. The molecule has 0 aromatic heterocycles. The van der Waals surface area contributed by atoms with Crippen LogP contribution in [0.3, 0.4) is 0 Å². The van der Waals surface area contributed by atoms with Gasteiger partial charge in [0.15, 0.2) is 0 Å². The summed E-state index contributed by atoms with van der Waals surface area (Å²) in [7, 11) is 0. The highest BCUT2D eigenvalue weighted by molar-refractivity contribution is 6.18. The number of carbonyl (C=O) groups excluding carboxylic acids is 1. The summed E-state index contributed by atoms with van der Waals surface area (Å²) in [5.41, 5.74) is 0. The van der Waals surface area contributed by atoms with Crippen molar-refractivity contribution >= 4 is 17.5 Å². The molecular formula is C6H10ClNO. The van der Waals surface area contributed by atoms with Crippen molar-refractivity contribution in [3.05, 3.63) is 12.7 Å². The summed E-state index contributed by atoms with van der Waals surface area (Å²) in [5.74, 6) is 0.439. The fourth-order valence-electron chi connectivity index (χ4n) is 0.390. The highest BCUT2D eigenvalue weighted by Crippen LogP contribution is 1.78. The molecular weight excluding hydrogens is 138 g/mol. The van der Waals surface area contributed by atoms with Crippen molar-refractivity contribution in [1.29, 1.82) is 0 Å².